The first-order valence-corrected chi connectivity index (χ1v) is 11.3. The highest BCUT2D eigenvalue weighted by atomic mass is 16.6. The Hall–Kier alpha value is -1.43. The highest BCUT2D eigenvalue weighted by Crippen LogP contribution is 2.14. The van der Waals surface area contributed by atoms with Gasteiger partial charge in [-0.15, -0.1) is 0 Å². The van der Waals surface area contributed by atoms with Gasteiger partial charge in [0.2, 0.25) is 0 Å². The zero-order valence-corrected chi connectivity index (χ0v) is 18.4. The molecule has 1 heterocycles. The molecular formula is C24H40NO4+. The van der Waals surface area contributed by atoms with Crippen LogP contribution in [0.25, 0.3) is 0 Å². The predicted molar refractivity (Wildman–Crippen MR) is 116 cm³/mol. The summed E-state index contributed by atoms with van der Waals surface area (Å²) in [5.74, 6) is -0.0892. The lowest BCUT2D eigenvalue weighted by Crippen LogP contribution is -2.56. The minimum atomic E-state index is -0.214. The molecule has 1 aliphatic rings. The van der Waals surface area contributed by atoms with E-state index in [0.717, 1.165) is 55.7 Å². The summed E-state index contributed by atoms with van der Waals surface area (Å²) >= 11 is 0. The summed E-state index contributed by atoms with van der Waals surface area (Å²) in [6, 6.07) is 10.1. The topological polar surface area (TPSA) is 44.8 Å². The van der Waals surface area contributed by atoms with Crippen molar-refractivity contribution < 1.29 is 23.5 Å². The number of benzene rings is 1. The fraction of sp³-hybridized carbons (Fsp3) is 0.708. The predicted octanol–water partition coefficient (Wildman–Crippen LogP) is 4.34. The number of ether oxygens (including phenoxy) is 3. The van der Waals surface area contributed by atoms with Gasteiger partial charge < -0.3 is 18.7 Å². The van der Waals surface area contributed by atoms with E-state index in [-0.39, 0.29) is 12.1 Å². The first-order valence-electron chi connectivity index (χ1n) is 11.3. The standard InChI is InChI=1S/C24H40NO4/c1-3-4-5-6-7-11-14-24(26)29-23(19-25(2)15-17-27-18-16-25)21-28-20-22-12-9-8-10-13-22/h8-10,12-13,23H,3-7,11,14-21H2,1-2H3/q+1/t23-/m1/s1. The van der Waals surface area contributed by atoms with Gasteiger partial charge in [-0.3, -0.25) is 4.79 Å². The maximum Gasteiger partial charge on any atom is 0.306 e. The molecule has 0 unspecified atom stereocenters. The lowest BCUT2D eigenvalue weighted by molar-refractivity contribution is -0.919. The number of carbonyl (C=O) groups is 1. The Morgan fingerprint density at radius 1 is 1.07 bits per heavy atom. The summed E-state index contributed by atoms with van der Waals surface area (Å²) in [4.78, 5) is 12.4. The minimum Gasteiger partial charge on any atom is -0.454 e. The Morgan fingerprint density at radius 3 is 2.48 bits per heavy atom. The highest BCUT2D eigenvalue weighted by Gasteiger charge is 2.31. The van der Waals surface area contributed by atoms with Crippen molar-refractivity contribution in [1.29, 1.82) is 0 Å². The molecule has 1 atom stereocenters. The number of carbonyl (C=O) groups excluding carboxylic acids is 1. The van der Waals surface area contributed by atoms with Crippen LogP contribution in [0.5, 0.6) is 0 Å². The largest absolute Gasteiger partial charge is 0.454 e. The van der Waals surface area contributed by atoms with E-state index in [2.05, 4.69) is 26.1 Å². The number of hydrogen-bond donors (Lipinski definition) is 0. The van der Waals surface area contributed by atoms with E-state index in [1.807, 2.05) is 18.2 Å². The second-order valence-electron chi connectivity index (χ2n) is 8.49. The summed E-state index contributed by atoms with van der Waals surface area (Å²) in [6.45, 7) is 7.40. The normalized spacial score (nSPS) is 17.0. The van der Waals surface area contributed by atoms with Crippen molar-refractivity contribution in [2.24, 2.45) is 0 Å². The molecule has 5 nitrogen and oxygen atoms in total. The number of morpholine rings is 1. The van der Waals surface area contributed by atoms with Crippen LogP contribution in [0.1, 0.15) is 57.4 Å². The fourth-order valence-electron chi connectivity index (χ4n) is 3.76. The molecule has 0 radical (unpaired) electrons. The monoisotopic (exact) mass is 406 g/mol. The van der Waals surface area contributed by atoms with Gasteiger partial charge in [-0.2, -0.15) is 0 Å². The average Bonchev–Trinajstić information content (AvgIpc) is 2.71. The van der Waals surface area contributed by atoms with Crippen molar-refractivity contribution in [3.8, 4) is 0 Å². The van der Waals surface area contributed by atoms with Crippen LogP contribution in [-0.2, 0) is 25.6 Å². The number of nitrogens with zero attached hydrogens (tertiary/aromatic N) is 1. The van der Waals surface area contributed by atoms with E-state index < -0.39 is 0 Å². The number of quaternary nitrogens is 1. The number of rotatable bonds is 14. The Morgan fingerprint density at radius 2 is 1.76 bits per heavy atom. The molecule has 164 valence electrons. The maximum absolute atomic E-state index is 12.4. The number of hydrogen-bond acceptors (Lipinski definition) is 4. The van der Waals surface area contributed by atoms with Gasteiger partial charge in [-0.1, -0.05) is 69.4 Å². The molecular weight excluding hydrogens is 366 g/mol. The van der Waals surface area contributed by atoms with Crippen LogP contribution in [0.3, 0.4) is 0 Å². The Labute approximate surface area is 176 Å². The van der Waals surface area contributed by atoms with Crippen molar-refractivity contribution in [2.75, 3.05) is 46.5 Å². The van der Waals surface area contributed by atoms with Gasteiger partial charge >= 0.3 is 5.97 Å². The number of unbranched alkanes of at least 4 members (excludes halogenated alkanes) is 5. The van der Waals surface area contributed by atoms with Gasteiger partial charge in [0.25, 0.3) is 0 Å². The second-order valence-corrected chi connectivity index (χ2v) is 8.49. The molecule has 1 aliphatic heterocycles. The quantitative estimate of drug-likeness (QED) is 0.262. The SMILES string of the molecule is CCCCCCCCC(=O)O[C@@H](COCc1ccccc1)C[N+]1(C)CCOCC1. The number of likely N-dealkylation sites (N-methyl/N-ethyl adjacent to an activating group) is 1. The van der Waals surface area contributed by atoms with E-state index >= 15 is 0 Å². The molecule has 0 amide bonds. The van der Waals surface area contributed by atoms with E-state index in [9.17, 15) is 4.79 Å². The van der Waals surface area contributed by atoms with E-state index in [1.165, 1.54) is 25.7 Å². The molecule has 0 bridgehead atoms. The van der Waals surface area contributed by atoms with Gasteiger partial charge in [-0.25, -0.2) is 0 Å². The summed E-state index contributed by atoms with van der Waals surface area (Å²) < 4.78 is 18.2. The third-order valence-electron chi connectivity index (χ3n) is 5.64. The average molecular weight is 407 g/mol. The van der Waals surface area contributed by atoms with Crippen molar-refractivity contribution in [3.63, 3.8) is 0 Å². The van der Waals surface area contributed by atoms with Crippen LogP contribution in [0, 0.1) is 0 Å². The van der Waals surface area contributed by atoms with Crippen LogP contribution in [0.15, 0.2) is 30.3 Å². The third kappa shape index (κ3) is 10.2. The van der Waals surface area contributed by atoms with Crippen LogP contribution in [0.4, 0.5) is 0 Å². The van der Waals surface area contributed by atoms with Crippen LogP contribution in [0.2, 0.25) is 0 Å². The molecule has 0 aliphatic carbocycles. The summed E-state index contributed by atoms with van der Waals surface area (Å²) in [5.41, 5.74) is 1.14. The zero-order chi connectivity index (χ0) is 20.8. The van der Waals surface area contributed by atoms with Crippen LogP contribution >= 0.6 is 0 Å². The summed E-state index contributed by atoms with van der Waals surface area (Å²) in [6.07, 6.45) is 7.32. The molecule has 0 saturated carbocycles. The third-order valence-corrected chi connectivity index (χ3v) is 5.64. The van der Waals surface area contributed by atoms with Gasteiger partial charge in [0.15, 0.2) is 6.10 Å². The van der Waals surface area contributed by atoms with E-state index in [0.29, 0.717) is 19.6 Å². The van der Waals surface area contributed by atoms with Gasteiger partial charge in [-0.05, 0) is 12.0 Å². The van der Waals surface area contributed by atoms with Crippen molar-refractivity contribution in [1.82, 2.24) is 0 Å². The van der Waals surface area contributed by atoms with Gasteiger partial charge in [0.05, 0.1) is 33.5 Å². The number of esters is 1. The summed E-state index contributed by atoms with van der Waals surface area (Å²) in [7, 11) is 2.22. The minimum absolute atomic E-state index is 0.0892. The molecule has 0 spiro atoms. The fourth-order valence-corrected chi connectivity index (χ4v) is 3.76. The molecule has 1 aromatic rings. The molecule has 0 N–H and O–H groups in total. The molecule has 1 fully saturated rings. The summed E-state index contributed by atoms with van der Waals surface area (Å²) in [5, 5.41) is 0. The van der Waals surface area contributed by atoms with Crippen molar-refractivity contribution in [3.05, 3.63) is 35.9 Å². The van der Waals surface area contributed by atoms with Crippen LogP contribution in [-0.4, -0.2) is 63.1 Å². The Kier molecular flexibility index (Phi) is 11.3. The maximum atomic E-state index is 12.4. The molecule has 2 rings (SSSR count). The van der Waals surface area contributed by atoms with Crippen molar-refractivity contribution >= 4 is 5.97 Å². The first kappa shape index (κ1) is 23.8. The molecule has 5 heteroatoms. The van der Waals surface area contributed by atoms with Gasteiger partial charge in [0, 0.05) is 6.42 Å². The Balaban J connectivity index is 1.78. The van der Waals surface area contributed by atoms with Crippen LogP contribution < -0.4 is 0 Å². The van der Waals surface area contributed by atoms with Crippen molar-refractivity contribution in [2.45, 2.75) is 64.6 Å². The lowest BCUT2D eigenvalue weighted by Gasteiger charge is -2.39. The molecule has 29 heavy (non-hydrogen) atoms. The van der Waals surface area contributed by atoms with E-state index in [4.69, 9.17) is 14.2 Å². The smallest absolute Gasteiger partial charge is 0.306 e. The molecule has 1 aromatic carbocycles. The molecule has 0 aromatic heterocycles. The lowest BCUT2D eigenvalue weighted by atomic mass is 10.1. The second kappa shape index (κ2) is 13.7. The first-order chi connectivity index (χ1) is 14.1. The van der Waals surface area contributed by atoms with E-state index in [1.54, 1.807) is 0 Å². The van der Waals surface area contributed by atoms with Gasteiger partial charge in [0.1, 0.15) is 19.6 Å². The molecule has 1 saturated heterocycles. The zero-order valence-electron chi connectivity index (χ0n) is 18.4. The Bertz CT molecular complexity index is 557. The highest BCUT2D eigenvalue weighted by molar-refractivity contribution is 5.69.